The molecule has 3 heteroatoms. The van der Waals surface area contributed by atoms with Crippen LogP contribution < -0.4 is 10.2 Å². The first kappa shape index (κ1) is 12.9. The van der Waals surface area contributed by atoms with Crippen LogP contribution in [0.2, 0.25) is 0 Å². The summed E-state index contributed by atoms with van der Waals surface area (Å²) >= 11 is 3.56. The van der Waals surface area contributed by atoms with Crippen molar-refractivity contribution < 1.29 is 0 Å². The van der Waals surface area contributed by atoms with Gasteiger partial charge in [0, 0.05) is 28.3 Å². The third-order valence-corrected chi connectivity index (χ3v) is 4.26. The van der Waals surface area contributed by atoms with E-state index in [-0.39, 0.29) is 5.54 Å². The summed E-state index contributed by atoms with van der Waals surface area (Å²) in [6, 6.07) is 9.20. The zero-order valence-electron chi connectivity index (χ0n) is 10.8. The molecular formula is C14H21BrN2. The molecule has 0 saturated carbocycles. The molecule has 1 aliphatic rings. The van der Waals surface area contributed by atoms with Gasteiger partial charge in [-0.1, -0.05) is 22.0 Å². The number of halogens is 1. The minimum Gasteiger partial charge on any atom is -0.365 e. The van der Waals surface area contributed by atoms with Gasteiger partial charge in [0.05, 0.1) is 0 Å². The molecule has 0 bridgehead atoms. The number of piperidine rings is 1. The van der Waals surface area contributed by atoms with Gasteiger partial charge in [-0.2, -0.15) is 0 Å². The second-order valence-electron chi connectivity index (χ2n) is 5.43. The summed E-state index contributed by atoms with van der Waals surface area (Å²) in [7, 11) is 2.06. The average molecular weight is 297 g/mol. The van der Waals surface area contributed by atoms with Crippen LogP contribution in [0, 0.1) is 0 Å². The van der Waals surface area contributed by atoms with Gasteiger partial charge in [-0.3, -0.25) is 0 Å². The van der Waals surface area contributed by atoms with Gasteiger partial charge in [-0.25, -0.2) is 0 Å². The SMILES string of the molecule is CNC1CCC(C)(C)N(c2cccc(Br)c2)C1. The molecule has 0 amide bonds. The molecule has 0 aromatic heterocycles. The Morgan fingerprint density at radius 2 is 2.18 bits per heavy atom. The maximum absolute atomic E-state index is 3.56. The topological polar surface area (TPSA) is 15.3 Å². The Morgan fingerprint density at radius 1 is 1.41 bits per heavy atom. The van der Waals surface area contributed by atoms with Crippen LogP contribution in [0.5, 0.6) is 0 Å². The van der Waals surface area contributed by atoms with Crippen LogP contribution in [0.3, 0.4) is 0 Å². The van der Waals surface area contributed by atoms with Gasteiger partial charge in [0.25, 0.3) is 0 Å². The zero-order valence-corrected chi connectivity index (χ0v) is 12.4. The van der Waals surface area contributed by atoms with Crippen molar-refractivity contribution in [1.82, 2.24) is 5.32 Å². The molecule has 94 valence electrons. The van der Waals surface area contributed by atoms with Crippen LogP contribution in [-0.2, 0) is 0 Å². The quantitative estimate of drug-likeness (QED) is 0.900. The van der Waals surface area contributed by atoms with Crippen molar-refractivity contribution in [3.05, 3.63) is 28.7 Å². The maximum atomic E-state index is 3.56. The summed E-state index contributed by atoms with van der Waals surface area (Å²) in [6.07, 6.45) is 2.49. The van der Waals surface area contributed by atoms with Crippen molar-refractivity contribution >= 4 is 21.6 Å². The van der Waals surface area contributed by atoms with E-state index in [9.17, 15) is 0 Å². The smallest absolute Gasteiger partial charge is 0.0382 e. The summed E-state index contributed by atoms with van der Waals surface area (Å²) in [5.74, 6) is 0. The molecule has 1 heterocycles. The predicted molar refractivity (Wildman–Crippen MR) is 77.6 cm³/mol. The fourth-order valence-corrected chi connectivity index (χ4v) is 2.94. The summed E-state index contributed by atoms with van der Waals surface area (Å²) in [5, 5.41) is 3.40. The lowest BCUT2D eigenvalue weighted by molar-refractivity contribution is 0.313. The van der Waals surface area contributed by atoms with Crippen LogP contribution in [0.4, 0.5) is 5.69 Å². The van der Waals surface area contributed by atoms with E-state index >= 15 is 0 Å². The molecule has 2 rings (SSSR count). The Bertz CT molecular complexity index is 390. The van der Waals surface area contributed by atoms with Crippen molar-refractivity contribution in [1.29, 1.82) is 0 Å². The first-order valence-corrected chi connectivity index (χ1v) is 7.03. The lowest BCUT2D eigenvalue weighted by Gasteiger charge is -2.47. The van der Waals surface area contributed by atoms with Crippen molar-refractivity contribution in [2.24, 2.45) is 0 Å². The Morgan fingerprint density at radius 3 is 2.82 bits per heavy atom. The van der Waals surface area contributed by atoms with E-state index in [1.54, 1.807) is 0 Å². The van der Waals surface area contributed by atoms with E-state index in [1.165, 1.54) is 18.5 Å². The van der Waals surface area contributed by atoms with E-state index in [2.05, 4.69) is 71.3 Å². The number of hydrogen-bond acceptors (Lipinski definition) is 2. The second kappa shape index (κ2) is 4.99. The van der Waals surface area contributed by atoms with Crippen molar-refractivity contribution in [3.8, 4) is 0 Å². The highest BCUT2D eigenvalue weighted by atomic mass is 79.9. The molecule has 1 atom stereocenters. The van der Waals surface area contributed by atoms with E-state index in [0.717, 1.165) is 11.0 Å². The molecule has 0 spiro atoms. The number of likely N-dealkylation sites (N-methyl/N-ethyl adjacent to an activating group) is 1. The number of rotatable bonds is 2. The summed E-state index contributed by atoms with van der Waals surface area (Å²) in [4.78, 5) is 2.52. The van der Waals surface area contributed by atoms with Gasteiger partial charge in [0.1, 0.15) is 0 Å². The highest BCUT2D eigenvalue weighted by Crippen LogP contribution is 2.33. The van der Waals surface area contributed by atoms with E-state index in [4.69, 9.17) is 0 Å². The van der Waals surface area contributed by atoms with Crippen molar-refractivity contribution in [3.63, 3.8) is 0 Å². The highest BCUT2D eigenvalue weighted by Gasteiger charge is 2.33. The fourth-order valence-electron chi connectivity index (χ4n) is 2.56. The molecular weight excluding hydrogens is 276 g/mol. The number of hydrogen-bond donors (Lipinski definition) is 1. The average Bonchev–Trinajstić information content (AvgIpc) is 2.29. The molecule has 1 N–H and O–H groups in total. The first-order valence-electron chi connectivity index (χ1n) is 6.23. The Balaban J connectivity index is 2.27. The third-order valence-electron chi connectivity index (χ3n) is 3.77. The third kappa shape index (κ3) is 2.83. The Kier molecular flexibility index (Phi) is 3.79. The van der Waals surface area contributed by atoms with Gasteiger partial charge >= 0.3 is 0 Å². The molecule has 1 unspecified atom stereocenters. The lowest BCUT2D eigenvalue weighted by Crippen LogP contribution is -2.55. The van der Waals surface area contributed by atoms with Gasteiger partial charge in [-0.15, -0.1) is 0 Å². The van der Waals surface area contributed by atoms with Crippen LogP contribution >= 0.6 is 15.9 Å². The maximum Gasteiger partial charge on any atom is 0.0382 e. The molecule has 17 heavy (non-hydrogen) atoms. The number of benzene rings is 1. The largest absolute Gasteiger partial charge is 0.365 e. The minimum atomic E-state index is 0.244. The number of nitrogens with zero attached hydrogens (tertiary/aromatic N) is 1. The van der Waals surface area contributed by atoms with E-state index in [0.29, 0.717) is 6.04 Å². The molecule has 2 nitrogen and oxygen atoms in total. The molecule has 0 aliphatic carbocycles. The lowest BCUT2D eigenvalue weighted by atomic mass is 9.87. The molecule has 1 aromatic carbocycles. The normalized spacial score (nSPS) is 23.8. The monoisotopic (exact) mass is 296 g/mol. The van der Waals surface area contributed by atoms with Crippen molar-refractivity contribution in [2.45, 2.75) is 38.3 Å². The molecule has 1 fully saturated rings. The van der Waals surface area contributed by atoms with Crippen LogP contribution in [0.15, 0.2) is 28.7 Å². The summed E-state index contributed by atoms with van der Waals surface area (Å²) in [6.45, 7) is 5.75. The first-order chi connectivity index (χ1) is 8.03. The van der Waals surface area contributed by atoms with Gasteiger partial charge < -0.3 is 10.2 Å². The Labute approximate surface area is 113 Å². The zero-order chi connectivity index (χ0) is 12.5. The molecule has 0 radical (unpaired) electrons. The number of nitrogens with one attached hydrogen (secondary N) is 1. The highest BCUT2D eigenvalue weighted by molar-refractivity contribution is 9.10. The predicted octanol–water partition coefficient (Wildman–Crippen LogP) is 3.42. The number of anilines is 1. The minimum absolute atomic E-state index is 0.244. The molecule has 1 saturated heterocycles. The van der Waals surface area contributed by atoms with E-state index < -0.39 is 0 Å². The molecule has 1 aliphatic heterocycles. The van der Waals surface area contributed by atoms with Crippen LogP contribution in [0.1, 0.15) is 26.7 Å². The second-order valence-corrected chi connectivity index (χ2v) is 6.34. The van der Waals surface area contributed by atoms with E-state index in [1.807, 2.05) is 0 Å². The Hall–Kier alpha value is -0.540. The molecule has 1 aromatic rings. The van der Waals surface area contributed by atoms with Crippen LogP contribution in [0.25, 0.3) is 0 Å². The summed E-state index contributed by atoms with van der Waals surface area (Å²) < 4.78 is 1.15. The van der Waals surface area contributed by atoms with Gasteiger partial charge in [-0.05, 0) is 51.9 Å². The van der Waals surface area contributed by atoms with Gasteiger partial charge in [0.2, 0.25) is 0 Å². The standard InChI is InChI=1S/C14H21BrN2/c1-14(2)8-7-12(16-3)10-17(14)13-6-4-5-11(15)9-13/h4-6,9,12,16H,7-8,10H2,1-3H3. The summed E-state index contributed by atoms with van der Waals surface area (Å²) in [5.41, 5.74) is 1.55. The fraction of sp³-hybridized carbons (Fsp3) is 0.571. The van der Waals surface area contributed by atoms with Crippen LogP contribution in [-0.4, -0.2) is 25.2 Å². The van der Waals surface area contributed by atoms with Gasteiger partial charge in [0.15, 0.2) is 0 Å². The van der Waals surface area contributed by atoms with Crippen molar-refractivity contribution in [2.75, 3.05) is 18.5 Å².